The molecule has 1 N–H and O–H groups in total. The van der Waals surface area contributed by atoms with Crippen LogP contribution < -0.4 is 5.32 Å². The minimum atomic E-state index is 0.762. The number of nitrogens with one attached hydrogen (secondary N) is 1. The standard InChI is InChI=1S/C18H36N2/c1-6-19-18-8-7-16(13(2)3)10-17(18)12-20-11-14(4)9-15(20)5/h13-19H,6-12H2,1-5H3. The molecular weight excluding hydrogens is 244 g/mol. The van der Waals surface area contributed by atoms with Crippen LogP contribution in [0.4, 0.5) is 0 Å². The van der Waals surface area contributed by atoms with Crippen LogP contribution in [0.5, 0.6) is 0 Å². The number of hydrogen-bond donors (Lipinski definition) is 1. The van der Waals surface area contributed by atoms with Crippen LogP contribution in [0.15, 0.2) is 0 Å². The summed E-state index contributed by atoms with van der Waals surface area (Å²) in [7, 11) is 0. The van der Waals surface area contributed by atoms with Crippen molar-refractivity contribution in [1.29, 1.82) is 0 Å². The molecule has 1 heterocycles. The van der Waals surface area contributed by atoms with Crippen LogP contribution in [-0.4, -0.2) is 36.6 Å². The van der Waals surface area contributed by atoms with Gasteiger partial charge in [-0.25, -0.2) is 0 Å². The fourth-order valence-corrected chi connectivity index (χ4v) is 4.58. The second kappa shape index (κ2) is 7.26. The lowest BCUT2D eigenvalue weighted by atomic mass is 9.73. The summed E-state index contributed by atoms with van der Waals surface area (Å²) in [6, 6.07) is 1.56. The monoisotopic (exact) mass is 280 g/mol. The summed E-state index contributed by atoms with van der Waals surface area (Å²) in [5.74, 6) is 3.57. The Morgan fingerprint density at radius 3 is 2.45 bits per heavy atom. The van der Waals surface area contributed by atoms with E-state index in [0.29, 0.717) is 0 Å². The van der Waals surface area contributed by atoms with E-state index in [2.05, 4.69) is 44.8 Å². The smallest absolute Gasteiger partial charge is 0.0108 e. The van der Waals surface area contributed by atoms with Crippen LogP contribution in [0.3, 0.4) is 0 Å². The molecule has 2 nitrogen and oxygen atoms in total. The highest BCUT2D eigenvalue weighted by atomic mass is 15.2. The average molecular weight is 280 g/mol. The summed E-state index contributed by atoms with van der Waals surface area (Å²) < 4.78 is 0. The molecule has 0 aromatic carbocycles. The Kier molecular flexibility index (Phi) is 5.92. The number of likely N-dealkylation sites (tertiary alicyclic amines) is 1. The zero-order chi connectivity index (χ0) is 14.7. The first kappa shape index (κ1) is 16.3. The molecule has 118 valence electrons. The van der Waals surface area contributed by atoms with Gasteiger partial charge in [0, 0.05) is 25.2 Å². The van der Waals surface area contributed by atoms with E-state index in [-0.39, 0.29) is 0 Å². The highest BCUT2D eigenvalue weighted by Crippen LogP contribution is 2.35. The maximum absolute atomic E-state index is 3.77. The van der Waals surface area contributed by atoms with E-state index in [4.69, 9.17) is 0 Å². The van der Waals surface area contributed by atoms with Crippen LogP contribution in [0.2, 0.25) is 0 Å². The second-order valence-electron chi connectivity index (χ2n) is 7.89. The normalized spacial score (nSPS) is 39.6. The van der Waals surface area contributed by atoms with Gasteiger partial charge >= 0.3 is 0 Å². The van der Waals surface area contributed by atoms with Crippen molar-refractivity contribution < 1.29 is 0 Å². The molecule has 20 heavy (non-hydrogen) atoms. The lowest BCUT2D eigenvalue weighted by Crippen LogP contribution is -2.47. The number of rotatable bonds is 5. The van der Waals surface area contributed by atoms with Gasteiger partial charge < -0.3 is 10.2 Å². The van der Waals surface area contributed by atoms with Crippen LogP contribution in [0.25, 0.3) is 0 Å². The van der Waals surface area contributed by atoms with Crippen LogP contribution in [-0.2, 0) is 0 Å². The van der Waals surface area contributed by atoms with Gasteiger partial charge in [-0.2, -0.15) is 0 Å². The third-order valence-corrected chi connectivity index (χ3v) is 5.81. The predicted molar refractivity (Wildman–Crippen MR) is 87.9 cm³/mol. The highest BCUT2D eigenvalue weighted by Gasteiger charge is 2.35. The van der Waals surface area contributed by atoms with Crippen molar-refractivity contribution in [2.75, 3.05) is 19.6 Å². The zero-order valence-electron chi connectivity index (χ0n) is 14.4. The summed E-state index contributed by atoms with van der Waals surface area (Å²) in [6.45, 7) is 15.7. The summed E-state index contributed by atoms with van der Waals surface area (Å²) in [4.78, 5) is 2.77. The van der Waals surface area contributed by atoms with E-state index in [9.17, 15) is 0 Å². The van der Waals surface area contributed by atoms with Gasteiger partial charge in [0.1, 0.15) is 0 Å². The van der Waals surface area contributed by atoms with Gasteiger partial charge in [0.05, 0.1) is 0 Å². The van der Waals surface area contributed by atoms with E-state index in [1.807, 2.05) is 0 Å². The fraction of sp³-hybridized carbons (Fsp3) is 1.00. The first-order valence-corrected chi connectivity index (χ1v) is 8.98. The lowest BCUT2D eigenvalue weighted by molar-refractivity contribution is 0.118. The maximum Gasteiger partial charge on any atom is 0.0108 e. The average Bonchev–Trinajstić information content (AvgIpc) is 2.70. The third-order valence-electron chi connectivity index (χ3n) is 5.81. The Bertz CT molecular complexity index is 289. The van der Waals surface area contributed by atoms with Crippen molar-refractivity contribution in [3.63, 3.8) is 0 Å². The molecule has 0 bridgehead atoms. The molecule has 2 aliphatic rings. The molecule has 0 amide bonds. The van der Waals surface area contributed by atoms with Gasteiger partial charge in [0.25, 0.3) is 0 Å². The van der Waals surface area contributed by atoms with Gasteiger partial charge in [-0.1, -0.05) is 27.7 Å². The van der Waals surface area contributed by atoms with Crippen molar-refractivity contribution >= 4 is 0 Å². The molecule has 1 aliphatic heterocycles. The predicted octanol–water partition coefficient (Wildman–Crippen LogP) is 3.77. The Balaban J connectivity index is 1.96. The number of hydrogen-bond acceptors (Lipinski definition) is 2. The van der Waals surface area contributed by atoms with Gasteiger partial charge in [0.15, 0.2) is 0 Å². The maximum atomic E-state index is 3.77. The number of nitrogens with zero attached hydrogens (tertiary/aromatic N) is 1. The van der Waals surface area contributed by atoms with E-state index in [0.717, 1.165) is 42.3 Å². The van der Waals surface area contributed by atoms with E-state index >= 15 is 0 Å². The Morgan fingerprint density at radius 1 is 1.15 bits per heavy atom. The molecule has 0 aromatic heterocycles. The summed E-state index contributed by atoms with van der Waals surface area (Å²) in [5, 5.41) is 3.77. The molecule has 2 heteroatoms. The summed E-state index contributed by atoms with van der Waals surface area (Å²) >= 11 is 0. The third kappa shape index (κ3) is 3.98. The fourth-order valence-electron chi connectivity index (χ4n) is 4.58. The molecule has 0 aromatic rings. The zero-order valence-corrected chi connectivity index (χ0v) is 14.4. The minimum Gasteiger partial charge on any atom is -0.314 e. The van der Waals surface area contributed by atoms with Crippen LogP contribution in [0.1, 0.15) is 60.3 Å². The first-order chi connectivity index (χ1) is 9.51. The van der Waals surface area contributed by atoms with Crippen molar-refractivity contribution in [3.8, 4) is 0 Å². The second-order valence-corrected chi connectivity index (χ2v) is 7.89. The first-order valence-electron chi connectivity index (χ1n) is 8.98. The van der Waals surface area contributed by atoms with Gasteiger partial charge in [-0.3, -0.25) is 0 Å². The molecule has 2 fully saturated rings. The van der Waals surface area contributed by atoms with E-state index < -0.39 is 0 Å². The van der Waals surface area contributed by atoms with Crippen molar-refractivity contribution in [1.82, 2.24) is 10.2 Å². The Hall–Kier alpha value is -0.0800. The van der Waals surface area contributed by atoms with E-state index in [1.54, 1.807) is 0 Å². The van der Waals surface area contributed by atoms with E-state index in [1.165, 1.54) is 38.8 Å². The Labute approximate surface area is 126 Å². The van der Waals surface area contributed by atoms with Crippen molar-refractivity contribution in [3.05, 3.63) is 0 Å². The van der Waals surface area contributed by atoms with Crippen LogP contribution >= 0.6 is 0 Å². The van der Waals surface area contributed by atoms with Crippen LogP contribution in [0, 0.1) is 23.7 Å². The Morgan fingerprint density at radius 2 is 1.90 bits per heavy atom. The van der Waals surface area contributed by atoms with Gasteiger partial charge in [-0.05, 0) is 62.8 Å². The van der Waals surface area contributed by atoms with Gasteiger partial charge in [-0.15, -0.1) is 0 Å². The highest BCUT2D eigenvalue weighted by molar-refractivity contribution is 4.90. The quantitative estimate of drug-likeness (QED) is 0.825. The molecule has 1 saturated heterocycles. The molecule has 5 unspecified atom stereocenters. The molecule has 5 atom stereocenters. The molecule has 1 saturated carbocycles. The topological polar surface area (TPSA) is 15.3 Å². The summed E-state index contributed by atoms with van der Waals surface area (Å²) in [6.07, 6.45) is 5.65. The largest absolute Gasteiger partial charge is 0.314 e. The summed E-state index contributed by atoms with van der Waals surface area (Å²) in [5.41, 5.74) is 0. The molecule has 0 radical (unpaired) electrons. The molecule has 1 aliphatic carbocycles. The lowest BCUT2D eigenvalue weighted by Gasteiger charge is -2.40. The van der Waals surface area contributed by atoms with Crippen molar-refractivity contribution in [2.24, 2.45) is 23.7 Å². The van der Waals surface area contributed by atoms with Crippen molar-refractivity contribution in [2.45, 2.75) is 72.4 Å². The SMILES string of the molecule is CCNC1CCC(C(C)C)CC1CN1CC(C)CC1C. The molecule has 0 spiro atoms. The molecule has 2 rings (SSSR count). The van der Waals surface area contributed by atoms with Gasteiger partial charge in [0.2, 0.25) is 0 Å². The minimum absolute atomic E-state index is 0.762. The molecular formula is C18H36N2.